The van der Waals surface area contributed by atoms with Gasteiger partial charge in [0, 0.05) is 33.9 Å². The Kier molecular flexibility index (Phi) is 5.06. The highest BCUT2D eigenvalue weighted by Gasteiger charge is 2.59. The van der Waals surface area contributed by atoms with Crippen molar-refractivity contribution in [3.05, 3.63) is 145 Å². The summed E-state index contributed by atoms with van der Waals surface area (Å²) in [6.45, 7) is 10.2. The third-order valence-electron chi connectivity index (χ3n) is 11.5. The summed E-state index contributed by atoms with van der Waals surface area (Å²) < 4.78 is 0. The largest absolute Gasteiger partial charge is 0.380 e. The first kappa shape index (κ1) is 26.3. The van der Waals surface area contributed by atoms with Gasteiger partial charge in [-0.15, -0.1) is 0 Å². The van der Waals surface area contributed by atoms with Crippen LogP contribution in [-0.4, -0.2) is 13.7 Å². The number of benzene rings is 6. The molecule has 6 aromatic rings. The van der Waals surface area contributed by atoms with Gasteiger partial charge in [-0.2, -0.15) is 0 Å². The molecule has 0 radical (unpaired) electrons. The van der Waals surface area contributed by atoms with Crippen molar-refractivity contribution < 1.29 is 0 Å². The molecule has 2 nitrogen and oxygen atoms in total. The van der Waals surface area contributed by atoms with Crippen molar-refractivity contribution in [3.8, 4) is 33.4 Å². The highest BCUT2D eigenvalue weighted by atomic mass is 15.1. The fourth-order valence-corrected chi connectivity index (χ4v) is 9.67. The molecule has 0 amide bonds. The molecule has 46 heavy (non-hydrogen) atoms. The highest BCUT2D eigenvalue weighted by molar-refractivity contribution is 6.89. The molecule has 4 heteroatoms. The predicted molar refractivity (Wildman–Crippen MR) is 197 cm³/mol. The number of rotatable bonds is 2. The van der Waals surface area contributed by atoms with Gasteiger partial charge in [-0.1, -0.05) is 119 Å². The van der Waals surface area contributed by atoms with Crippen molar-refractivity contribution in [3.63, 3.8) is 0 Å². The lowest BCUT2D eigenvalue weighted by Gasteiger charge is -2.56. The highest BCUT2D eigenvalue weighted by Crippen LogP contribution is 2.57. The monoisotopic (exact) mass is 588 g/mol. The maximum Gasteiger partial charge on any atom is 0.305 e. The Labute approximate surface area is 272 Å². The van der Waals surface area contributed by atoms with E-state index in [2.05, 4.69) is 171 Å². The Hall–Kier alpha value is -4.95. The van der Waals surface area contributed by atoms with Gasteiger partial charge in [0.1, 0.15) is 0 Å². The molecule has 4 aliphatic rings. The smallest absolute Gasteiger partial charge is 0.305 e. The van der Waals surface area contributed by atoms with Crippen LogP contribution in [0.15, 0.2) is 133 Å². The minimum Gasteiger partial charge on any atom is -0.380 e. The molecule has 0 bridgehead atoms. The predicted octanol–water partition coefficient (Wildman–Crippen LogP) is 9.05. The van der Waals surface area contributed by atoms with Crippen molar-refractivity contribution in [1.82, 2.24) is 0 Å². The molecule has 6 aromatic carbocycles. The topological polar surface area (TPSA) is 6.48 Å². The Morgan fingerprint density at radius 2 is 0.826 bits per heavy atom. The van der Waals surface area contributed by atoms with Crippen LogP contribution in [0, 0.1) is 0 Å². The van der Waals surface area contributed by atoms with E-state index in [1.165, 1.54) is 78.2 Å². The van der Waals surface area contributed by atoms with Gasteiger partial charge in [-0.25, -0.2) is 0 Å². The van der Waals surface area contributed by atoms with Gasteiger partial charge in [0.15, 0.2) is 0 Å². The summed E-state index contributed by atoms with van der Waals surface area (Å²) in [7, 11) is 0. The van der Waals surface area contributed by atoms with Crippen LogP contribution in [0.4, 0.5) is 22.7 Å². The van der Waals surface area contributed by atoms with Crippen molar-refractivity contribution in [2.24, 2.45) is 0 Å². The second-order valence-corrected chi connectivity index (χ2v) is 14.6. The summed E-state index contributed by atoms with van der Waals surface area (Å²) in [5.74, 6) is 0. The maximum absolute atomic E-state index is 2.65. The molecular formula is C42H34B2N2. The van der Waals surface area contributed by atoms with E-state index in [-0.39, 0.29) is 24.3 Å². The molecule has 0 N–H and O–H groups in total. The van der Waals surface area contributed by atoms with Gasteiger partial charge < -0.3 is 9.62 Å². The number of hydrogen-bond donors (Lipinski definition) is 0. The van der Waals surface area contributed by atoms with E-state index in [0.717, 1.165) is 0 Å². The lowest BCUT2D eigenvalue weighted by molar-refractivity contribution is 0.704. The fraction of sp³-hybridized carbons (Fsp3) is 0.143. The second-order valence-electron chi connectivity index (χ2n) is 14.6. The van der Waals surface area contributed by atoms with E-state index in [9.17, 15) is 0 Å². The third kappa shape index (κ3) is 3.10. The third-order valence-corrected chi connectivity index (χ3v) is 11.5. The van der Waals surface area contributed by atoms with Crippen molar-refractivity contribution in [1.29, 1.82) is 0 Å². The Morgan fingerprint density at radius 3 is 1.28 bits per heavy atom. The average Bonchev–Trinajstić information content (AvgIpc) is 3.09. The molecular weight excluding hydrogens is 554 g/mol. The Morgan fingerprint density at radius 1 is 0.413 bits per heavy atom. The van der Waals surface area contributed by atoms with Crippen LogP contribution in [0.3, 0.4) is 0 Å². The molecule has 0 saturated heterocycles. The summed E-state index contributed by atoms with van der Waals surface area (Å²) in [5, 5.41) is -0.307. The van der Waals surface area contributed by atoms with Crippen molar-refractivity contribution in [2.45, 2.75) is 38.3 Å². The summed E-state index contributed by atoms with van der Waals surface area (Å²) in [6.07, 6.45) is 0. The number of anilines is 4. The summed E-state index contributed by atoms with van der Waals surface area (Å²) >= 11 is 0. The first-order valence-electron chi connectivity index (χ1n) is 16.6. The number of para-hydroxylation sites is 4. The van der Waals surface area contributed by atoms with E-state index in [1.54, 1.807) is 0 Å². The van der Waals surface area contributed by atoms with Crippen molar-refractivity contribution in [2.75, 3.05) is 9.62 Å². The van der Waals surface area contributed by atoms with Gasteiger partial charge in [-0.05, 0) is 97.4 Å². The molecule has 0 aromatic heterocycles. The zero-order valence-electron chi connectivity index (χ0n) is 26.8. The molecule has 0 saturated carbocycles. The van der Waals surface area contributed by atoms with Crippen molar-refractivity contribution >= 4 is 47.4 Å². The van der Waals surface area contributed by atoms with Gasteiger partial charge in [0.05, 0.1) is 0 Å². The zero-order chi connectivity index (χ0) is 30.9. The lowest BCUT2D eigenvalue weighted by atomic mass is 9.25. The fourth-order valence-electron chi connectivity index (χ4n) is 9.67. The quantitative estimate of drug-likeness (QED) is 0.186. The van der Waals surface area contributed by atoms with Gasteiger partial charge in [0.2, 0.25) is 0 Å². The maximum atomic E-state index is 2.65. The minimum atomic E-state index is -0.153. The van der Waals surface area contributed by atoms with Crippen LogP contribution in [0.2, 0.25) is 0 Å². The molecule has 4 aliphatic heterocycles. The SMILES string of the molecule is CC1(C)B2c3c(cc4c5c3-c3c1cccc3C(C)(C)B5N(c1ccccc1)c1ccccc1-4)-c1ccccc1N2c1ccccc1. The van der Waals surface area contributed by atoms with E-state index in [4.69, 9.17) is 0 Å². The zero-order valence-corrected chi connectivity index (χ0v) is 26.8. The number of nitrogens with zero attached hydrogens (tertiary/aromatic N) is 2. The van der Waals surface area contributed by atoms with E-state index < -0.39 is 0 Å². The Bertz CT molecular complexity index is 2090. The molecule has 0 atom stereocenters. The van der Waals surface area contributed by atoms with Crippen LogP contribution in [-0.2, 0) is 10.6 Å². The summed E-state index contributed by atoms with van der Waals surface area (Å²) in [4.78, 5) is 5.30. The van der Waals surface area contributed by atoms with Crippen LogP contribution < -0.4 is 20.5 Å². The number of hydrogen-bond acceptors (Lipinski definition) is 2. The standard InChI is InChI=1S/C42H34B2N2/c1-41(2)33-22-15-23-34-37(33)38-39-31(29-20-11-13-24-35(29)45(43(39)41)27-16-7-5-8-17-27)26-32-30-21-12-14-25-36(30)46(28-18-9-6-10-19-28)44(40(32)38)42(34,3)4/h5-26H,1-4H3. The van der Waals surface area contributed by atoms with Crippen LogP contribution in [0.25, 0.3) is 33.4 Å². The lowest BCUT2D eigenvalue weighted by Crippen LogP contribution is -2.69. The molecule has 0 spiro atoms. The average molecular weight is 588 g/mol. The molecule has 0 aliphatic carbocycles. The van der Waals surface area contributed by atoms with E-state index in [0.29, 0.717) is 0 Å². The minimum absolute atomic E-state index is 0.132. The van der Waals surface area contributed by atoms with E-state index >= 15 is 0 Å². The van der Waals surface area contributed by atoms with Gasteiger partial charge in [-0.3, -0.25) is 0 Å². The normalized spacial score (nSPS) is 16.9. The molecule has 0 unspecified atom stereocenters. The van der Waals surface area contributed by atoms with Gasteiger partial charge in [0.25, 0.3) is 0 Å². The molecule has 10 rings (SSSR count). The first-order chi connectivity index (χ1) is 22.4. The van der Waals surface area contributed by atoms with Crippen LogP contribution in [0.5, 0.6) is 0 Å². The molecule has 0 fully saturated rings. The number of fused-ring (bicyclic) bond motifs is 4. The second kappa shape index (κ2) is 8.85. The first-order valence-corrected chi connectivity index (χ1v) is 16.6. The van der Waals surface area contributed by atoms with Gasteiger partial charge >= 0.3 is 13.7 Å². The molecule has 4 heterocycles. The van der Waals surface area contributed by atoms with E-state index in [1.807, 2.05) is 0 Å². The Balaban J connectivity index is 1.41. The summed E-state index contributed by atoms with van der Waals surface area (Å²) in [6, 6.07) is 50.0. The molecule has 218 valence electrons. The van der Waals surface area contributed by atoms with Crippen LogP contribution >= 0.6 is 0 Å². The summed E-state index contributed by atoms with van der Waals surface area (Å²) in [5.41, 5.74) is 19.3. The van der Waals surface area contributed by atoms with Crippen LogP contribution in [0.1, 0.15) is 38.8 Å².